The Morgan fingerprint density at radius 3 is 3.00 bits per heavy atom. The second-order valence-corrected chi connectivity index (χ2v) is 4.06. The topological polar surface area (TPSA) is 25.2 Å². The van der Waals surface area contributed by atoms with Gasteiger partial charge in [0, 0.05) is 5.39 Å². The molecule has 0 aliphatic heterocycles. The summed E-state index contributed by atoms with van der Waals surface area (Å²) in [6.45, 7) is 0.993. The molecular weight excluding hydrogens is 242 g/mol. The molecule has 0 aliphatic rings. The smallest absolute Gasteiger partial charge is 0.170 e. The van der Waals surface area contributed by atoms with Crippen LogP contribution in [0.5, 0.6) is 0 Å². The van der Waals surface area contributed by atoms with Crippen molar-refractivity contribution in [2.75, 3.05) is 13.6 Å². The third-order valence-corrected chi connectivity index (χ3v) is 2.61. The number of benzene rings is 1. The van der Waals surface area contributed by atoms with Crippen LogP contribution in [0.4, 0.5) is 0 Å². The van der Waals surface area contributed by atoms with Gasteiger partial charge in [0.1, 0.15) is 5.58 Å². The van der Waals surface area contributed by atoms with E-state index in [1.807, 2.05) is 13.1 Å². The number of furan rings is 1. The molecule has 2 aromatic rings. The summed E-state index contributed by atoms with van der Waals surface area (Å²) >= 11 is 3.32. The van der Waals surface area contributed by atoms with E-state index in [0.717, 1.165) is 28.6 Å². The summed E-state index contributed by atoms with van der Waals surface area (Å²) in [6, 6.07) is 8.31. The number of hydrogen-bond acceptors (Lipinski definition) is 2. The summed E-state index contributed by atoms with van der Waals surface area (Å²) in [5, 5.41) is 4.27. The molecule has 1 aromatic carbocycles. The highest BCUT2D eigenvalue weighted by atomic mass is 79.9. The van der Waals surface area contributed by atoms with Gasteiger partial charge in [-0.3, -0.25) is 0 Å². The van der Waals surface area contributed by atoms with Gasteiger partial charge in [-0.1, -0.05) is 12.1 Å². The molecule has 3 heteroatoms. The maximum Gasteiger partial charge on any atom is 0.170 e. The van der Waals surface area contributed by atoms with Crippen molar-refractivity contribution in [3.63, 3.8) is 0 Å². The van der Waals surface area contributed by atoms with Gasteiger partial charge in [0.05, 0.1) is 0 Å². The first kappa shape index (κ1) is 9.74. The van der Waals surface area contributed by atoms with E-state index < -0.39 is 0 Å². The first-order valence-corrected chi connectivity index (χ1v) is 5.41. The Hall–Kier alpha value is -0.800. The van der Waals surface area contributed by atoms with Crippen LogP contribution in [0.1, 0.15) is 5.56 Å². The SMILES string of the molecule is CNCCc1ccc2cc(Br)oc2c1. The molecule has 0 fully saturated rings. The van der Waals surface area contributed by atoms with Crippen LogP contribution >= 0.6 is 15.9 Å². The van der Waals surface area contributed by atoms with Crippen molar-refractivity contribution in [1.82, 2.24) is 5.32 Å². The second kappa shape index (κ2) is 4.15. The Kier molecular flexibility index (Phi) is 2.89. The number of halogens is 1. The minimum absolute atomic E-state index is 0.790. The van der Waals surface area contributed by atoms with E-state index in [-0.39, 0.29) is 0 Å². The van der Waals surface area contributed by atoms with Crippen LogP contribution in [0.15, 0.2) is 33.4 Å². The number of likely N-dealkylation sites (N-methyl/N-ethyl adjacent to an activating group) is 1. The molecule has 74 valence electrons. The van der Waals surface area contributed by atoms with Crippen molar-refractivity contribution in [3.05, 3.63) is 34.5 Å². The molecular formula is C11H12BrNO. The molecule has 14 heavy (non-hydrogen) atoms. The highest BCUT2D eigenvalue weighted by Crippen LogP contribution is 2.24. The molecule has 1 heterocycles. The van der Waals surface area contributed by atoms with Crippen molar-refractivity contribution < 1.29 is 4.42 Å². The molecule has 0 radical (unpaired) electrons. The van der Waals surface area contributed by atoms with E-state index in [9.17, 15) is 0 Å². The molecule has 0 unspecified atom stereocenters. The third-order valence-electron chi connectivity index (χ3n) is 2.22. The largest absolute Gasteiger partial charge is 0.449 e. The second-order valence-electron chi connectivity index (χ2n) is 3.28. The average Bonchev–Trinajstić information content (AvgIpc) is 2.54. The molecule has 2 rings (SSSR count). The lowest BCUT2D eigenvalue weighted by Gasteiger charge is -1.99. The van der Waals surface area contributed by atoms with Crippen molar-refractivity contribution in [3.8, 4) is 0 Å². The zero-order valence-electron chi connectivity index (χ0n) is 8.01. The summed E-state index contributed by atoms with van der Waals surface area (Å²) in [4.78, 5) is 0. The van der Waals surface area contributed by atoms with E-state index >= 15 is 0 Å². The van der Waals surface area contributed by atoms with Crippen molar-refractivity contribution >= 4 is 26.9 Å². The van der Waals surface area contributed by atoms with E-state index in [4.69, 9.17) is 4.42 Å². The van der Waals surface area contributed by atoms with Gasteiger partial charge in [0.2, 0.25) is 0 Å². The normalized spacial score (nSPS) is 11.0. The summed E-state index contributed by atoms with van der Waals surface area (Å²) in [5.41, 5.74) is 2.25. The van der Waals surface area contributed by atoms with E-state index in [0.29, 0.717) is 0 Å². The average molecular weight is 254 g/mol. The fourth-order valence-electron chi connectivity index (χ4n) is 1.47. The lowest BCUT2D eigenvalue weighted by Crippen LogP contribution is -2.09. The molecule has 0 amide bonds. The van der Waals surface area contributed by atoms with Gasteiger partial charge in [0.25, 0.3) is 0 Å². The third kappa shape index (κ3) is 1.99. The Balaban J connectivity index is 2.31. The zero-order chi connectivity index (χ0) is 9.97. The van der Waals surface area contributed by atoms with Gasteiger partial charge in [-0.05, 0) is 53.6 Å². The lowest BCUT2D eigenvalue weighted by molar-refractivity contribution is 0.587. The van der Waals surface area contributed by atoms with E-state index in [2.05, 4.69) is 39.4 Å². The standard InChI is InChI=1S/C11H12BrNO/c1-13-5-4-8-2-3-9-7-11(12)14-10(9)6-8/h2-3,6-7,13H,4-5H2,1H3. The molecule has 0 saturated carbocycles. The van der Waals surface area contributed by atoms with Crippen molar-refractivity contribution in [2.45, 2.75) is 6.42 Å². The first-order chi connectivity index (χ1) is 6.79. The molecule has 1 aromatic heterocycles. The highest BCUT2D eigenvalue weighted by molar-refractivity contribution is 9.10. The fourth-order valence-corrected chi connectivity index (χ4v) is 1.89. The minimum Gasteiger partial charge on any atom is -0.449 e. The highest BCUT2D eigenvalue weighted by Gasteiger charge is 2.01. The van der Waals surface area contributed by atoms with Gasteiger partial charge >= 0.3 is 0 Å². The van der Waals surface area contributed by atoms with Crippen LogP contribution in [-0.2, 0) is 6.42 Å². The van der Waals surface area contributed by atoms with E-state index in [1.165, 1.54) is 5.56 Å². The predicted molar refractivity (Wildman–Crippen MR) is 61.5 cm³/mol. The summed E-state index contributed by atoms with van der Waals surface area (Å²) < 4.78 is 6.27. The van der Waals surface area contributed by atoms with Gasteiger partial charge in [-0.25, -0.2) is 0 Å². The van der Waals surface area contributed by atoms with Crippen LogP contribution in [0.25, 0.3) is 11.0 Å². The summed E-state index contributed by atoms with van der Waals surface area (Å²) in [5.74, 6) is 0. The molecule has 0 aliphatic carbocycles. The zero-order valence-corrected chi connectivity index (χ0v) is 9.60. The maximum atomic E-state index is 5.48. The van der Waals surface area contributed by atoms with E-state index in [1.54, 1.807) is 0 Å². The lowest BCUT2D eigenvalue weighted by atomic mass is 10.1. The molecule has 0 atom stereocenters. The molecule has 0 bridgehead atoms. The Labute approximate surface area is 91.4 Å². The summed E-state index contributed by atoms with van der Waals surface area (Å²) in [6.07, 6.45) is 1.03. The van der Waals surface area contributed by atoms with Crippen molar-refractivity contribution in [1.29, 1.82) is 0 Å². The molecule has 0 saturated heterocycles. The van der Waals surface area contributed by atoms with Crippen LogP contribution < -0.4 is 5.32 Å². The number of hydrogen-bond donors (Lipinski definition) is 1. The maximum absolute atomic E-state index is 5.48. The van der Waals surface area contributed by atoms with Gasteiger partial charge < -0.3 is 9.73 Å². The van der Waals surface area contributed by atoms with Crippen LogP contribution in [0.3, 0.4) is 0 Å². The number of rotatable bonds is 3. The van der Waals surface area contributed by atoms with Crippen LogP contribution in [0.2, 0.25) is 0 Å². The molecule has 1 N–H and O–H groups in total. The fraction of sp³-hybridized carbons (Fsp3) is 0.273. The Morgan fingerprint density at radius 2 is 2.21 bits per heavy atom. The van der Waals surface area contributed by atoms with Crippen LogP contribution in [-0.4, -0.2) is 13.6 Å². The van der Waals surface area contributed by atoms with Gasteiger partial charge in [-0.2, -0.15) is 0 Å². The summed E-state index contributed by atoms with van der Waals surface area (Å²) in [7, 11) is 1.96. The Morgan fingerprint density at radius 1 is 1.36 bits per heavy atom. The predicted octanol–water partition coefficient (Wildman–Crippen LogP) is 2.96. The minimum atomic E-state index is 0.790. The van der Waals surface area contributed by atoms with Gasteiger partial charge in [-0.15, -0.1) is 0 Å². The molecule has 2 nitrogen and oxygen atoms in total. The van der Waals surface area contributed by atoms with Crippen molar-refractivity contribution in [2.24, 2.45) is 0 Å². The number of nitrogens with one attached hydrogen (secondary N) is 1. The van der Waals surface area contributed by atoms with Gasteiger partial charge in [0.15, 0.2) is 4.67 Å². The Bertz CT molecular complexity index is 436. The first-order valence-electron chi connectivity index (χ1n) is 4.62. The quantitative estimate of drug-likeness (QED) is 0.910. The van der Waals surface area contributed by atoms with Crippen LogP contribution in [0, 0.1) is 0 Å². The monoisotopic (exact) mass is 253 g/mol. The number of fused-ring (bicyclic) bond motifs is 1. The molecule has 0 spiro atoms.